The molecule has 2 rings (SSSR count). The quantitative estimate of drug-likeness (QED) is 0.526. The van der Waals surface area contributed by atoms with E-state index in [4.69, 9.17) is 0 Å². The molecular formula is C20H40N6O. The Balaban J connectivity index is 1.75. The van der Waals surface area contributed by atoms with Crippen LogP contribution in [0.2, 0.25) is 0 Å². The van der Waals surface area contributed by atoms with Crippen LogP contribution in [0.25, 0.3) is 0 Å². The number of hydrogen-bond acceptors (Lipinski definition) is 4. The fourth-order valence-corrected chi connectivity index (χ4v) is 3.89. The van der Waals surface area contributed by atoms with E-state index in [1.54, 1.807) is 0 Å². The van der Waals surface area contributed by atoms with E-state index in [1.807, 2.05) is 11.9 Å². The molecule has 0 saturated carbocycles. The minimum absolute atomic E-state index is 0.00981. The molecule has 2 fully saturated rings. The molecule has 2 aliphatic rings. The van der Waals surface area contributed by atoms with Crippen LogP contribution in [0, 0.1) is 0 Å². The molecule has 2 heterocycles. The molecule has 156 valence electrons. The summed E-state index contributed by atoms with van der Waals surface area (Å²) in [6, 6.07) is 0.594. The van der Waals surface area contributed by atoms with E-state index in [9.17, 15) is 4.79 Å². The van der Waals surface area contributed by atoms with E-state index in [1.165, 1.54) is 6.42 Å². The normalized spacial score (nSPS) is 21.6. The fraction of sp³-hybridized carbons (Fsp3) is 0.900. The smallest absolute Gasteiger partial charge is 0.239 e. The minimum atomic E-state index is -0.00981. The number of guanidine groups is 1. The molecule has 2 unspecified atom stereocenters. The Morgan fingerprint density at radius 2 is 1.70 bits per heavy atom. The number of carbonyl (C=O) groups is 1. The van der Waals surface area contributed by atoms with Gasteiger partial charge in [-0.05, 0) is 40.2 Å². The van der Waals surface area contributed by atoms with E-state index >= 15 is 0 Å². The number of likely N-dealkylation sites (tertiary alicyclic amines) is 1. The summed E-state index contributed by atoms with van der Waals surface area (Å²) in [5.74, 6) is 1.28. The van der Waals surface area contributed by atoms with Gasteiger partial charge in [-0.1, -0.05) is 6.92 Å². The summed E-state index contributed by atoms with van der Waals surface area (Å²) in [5.41, 5.74) is 0. The molecule has 0 spiro atoms. The number of hydrogen-bond donors (Lipinski definition) is 1. The van der Waals surface area contributed by atoms with E-state index in [2.05, 4.69) is 52.8 Å². The molecule has 2 atom stereocenters. The first kappa shape index (κ1) is 22.0. The zero-order chi connectivity index (χ0) is 19.8. The van der Waals surface area contributed by atoms with Gasteiger partial charge in [0.2, 0.25) is 5.91 Å². The van der Waals surface area contributed by atoms with Gasteiger partial charge < -0.3 is 20.0 Å². The van der Waals surface area contributed by atoms with E-state index in [-0.39, 0.29) is 6.04 Å². The average molecular weight is 381 g/mol. The molecule has 1 N–H and O–H groups in total. The lowest BCUT2D eigenvalue weighted by Gasteiger charge is -2.39. The van der Waals surface area contributed by atoms with Gasteiger partial charge in [0.1, 0.15) is 0 Å². The lowest BCUT2D eigenvalue weighted by Crippen LogP contribution is -2.57. The van der Waals surface area contributed by atoms with Crippen LogP contribution in [0.15, 0.2) is 4.99 Å². The van der Waals surface area contributed by atoms with Gasteiger partial charge in [-0.25, -0.2) is 0 Å². The van der Waals surface area contributed by atoms with Crippen LogP contribution in [-0.4, -0.2) is 110 Å². The highest BCUT2D eigenvalue weighted by Gasteiger charge is 2.30. The number of amides is 1. The molecule has 7 heteroatoms. The molecular weight excluding hydrogens is 340 g/mol. The van der Waals surface area contributed by atoms with Gasteiger partial charge in [-0.3, -0.25) is 14.7 Å². The third kappa shape index (κ3) is 6.07. The number of likely N-dealkylation sites (N-methyl/N-ethyl adjacent to an activating group) is 1. The number of aliphatic imine (C=N–C) groups is 1. The van der Waals surface area contributed by atoms with Gasteiger partial charge in [0, 0.05) is 65.4 Å². The fourth-order valence-electron chi connectivity index (χ4n) is 3.89. The summed E-state index contributed by atoms with van der Waals surface area (Å²) < 4.78 is 0. The van der Waals surface area contributed by atoms with Crippen molar-refractivity contribution in [3.05, 3.63) is 0 Å². The molecule has 0 aromatic carbocycles. The maximum Gasteiger partial charge on any atom is 0.239 e. The van der Waals surface area contributed by atoms with Gasteiger partial charge in [-0.15, -0.1) is 0 Å². The molecule has 0 bridgehead atoms. The molecule has 0 aromatic rings. The van der Waals surface area contributed by atoms with Gasteiger partial charge in [0.15, 0.2) is 5.96 Å². The SMILES string of the molecule is CCC(C)N(C)CCNC(=NC)N1CCN(C(C)C(=O)N2CCCC2)CC1. The summed E-state index contributed by atoms with van der Waals surface area (Å²) >= 11 is 0. The van der Waals surface area contributed by atoms with Crippen LogP contribution in [-0.2, 0) is 4.79 Å². The van der Waals surface area contributed by atoms with Crippen molar-refractivity contribution >= 4 is 11.9 Å². The van der Waals surface area contributed by atoms with Crippen LogP contribution in [0.1, 0.15) is 40.0 Å². The highest BCUT2D eigenvalue weighted by molar-refractivity contribution is 5.82. The number of nitrogens with zero attached hydrogens (tertiary/aromatic N) is 5. The van der Waals surface area contributed by atoms with Crippen molar-refractivity contribution in [3.8, 4) is 0 Å². The summed E-state index contributed by atoms with van der Waals surface area (Å²) in [7, 11) is 4.03. The van der Waals surface area contributed by atoms with Crippen molar-refractivity contribution < 1.29 is 4.79 Å². The Labute approximate surface area is 165 Å². The summed E-state index contributed by atoms with van der Waals surface area (Å²) in [6.45, 7) is 14.0. The van der Waals surface area contributed by atoms with Crippen LogP contribution < -0.4 is 5.32 Å². The summed E-state index contributed by atoms with van der Waals surface area (Å²) in [4.78, 5) is 26.1. The third-order valence-corrected chi connectivity index (χ3v) is 6.24. The van der Waals surface area contributed by atoms with E-state index in [0.717, 1.165) is 71.2 Å². The van der Waals surface area contributed by atoms with Crippen LogP contribution in [0.3, 0.4) is 0 Å². The molecule has 0 aromatic heterocycles. The van der Waals surface area contributed by atoms with Crippen LogP contribution >= 0.6 is 0 Å². The monoisotopic (exact) mass is 380 g/mol. The van der Waals surface area contributed by atoms with Crippen molar-refractivity contribution in [3.63, 3.8) is 0 Å². The third-order valence-electron chi connectivity index (χ3n) is 6.24. The molecule has 0 radical (unpaired) electrons. The molecule has 7 nitrogen and oxygen atoms in total. The number of rotatable bonds is 7. The molecule has 1 amide bonds. The maximum absolute atomic E-state index is 12.6. The lowest BCUT2D eigenvalue weighted by atomic mass is 10.2. The van der Waals surface area contributed by atoms with Crippen molar-refractivity contribution in [1.82, 2.24) is 24.9 Å². The maximum atomic E-state index is 12.6. The Hall–Kier alpha value is -1.34. The first-order valence-corrected chi connectivity index (χ1v) is 10.7. The first-order chi connectivity index (χ1) is 13.0. The Morgan fingerprint density at radius 1 is 1.07 bits per heavy atom. The van der Waals surface area contributed by atoms with Gasteiger partial charge >= 0.3 is 0 Å². The van der Waals surface area contributed by atoms with Crippen molar-refractivity contribution in [2.45, 2.75) is 52.1 Å². The number of nitrogens with one attached hydrogen (secondary N) is 1. The molecule has 0 aliphatic carbocycles. The zero-order valence-electron chi connectivity index (χ0n) is 18.1. The predicted octanol–water partition coefficient (Wildman–Crippen LogP) is 0.921. The molecule has 2 aliphatic heterocycles. The lowest BCUT2D eigenvalue weighted by molar-refractivity contribution is -0.135. The van der Waals surface area contributed by atoms with Gasteiger partial charge in [-0.2, -0.15) is 0 Å². The predicted molar refractivity (Wildman–Crippen MR) is 112 cm³/mol. The van der Waals surface area contributed by atoms with E-state index in [0.29, 0.717) is 11.9 Å². The largest absolute Gasteiger partial charge is 0.355 e. The highest BCUT2D eigenvalue weighted by Crippen LogP contribution is 2.14. The zero-order valence-corrected chi connectivity index (χ0v) is 18.1. The second kappa shape index (κ2) is 10.9. The second-order valence-corrected chi connectivity index (χ2v) is 7.94. The number of piperazine rings is 1. The minimum Gasteiger partial charge on any atom is -0.355 e. The molecule has 2 saturated heterocycles. The van der Waals surface area contributed by atoms with Crippen molar-refractivity contribution in [2.24, 2.45) is 4.99 Å². The van der Waals surface area contributed by atoms with Crippen LogP contribution in [0.4, 0.5) is 0 Å². The van der Waals surface area contributed by atoms with Crippen molar-refractivity contribution in [2.75, 3.05) is 66.5 Å². The standard InChI is InChI=1S/C20H40N6O/c1-6-17(2)23(5)12-9-22-20(21-4)26-15-13-24(14-16-26)18(3)19(27)25-10-7-8-11-25/h17-18H,6-16H2,1-5H3,(H,21,22). The Morgan fingerprint density at radius 3 is 2.26 bits per heavy atom. The second-order valence-electron chi connectivity index (χ2n) is 7.94. The van der Waals surface area contributed by atoms with E-state index < -0.39 is 0 Å². The highest BCUT2D eigenvalue weighted by atomic mass is 16.2. The average Bonchev–Trinajstić information content (AvgIpc) is 3.24. The Bertz CT molecular complexity index is 483. The van der Waals surface area contributed by atoms with Crippen LogP contribution in [0.5, 0.6) is 0 Å². The summed E-state index contributed by atoms with van der Waals surface area (Å²) in [6.07, 6.45) is 3.47. The Kier molecular flexibility index (Phi) is 8.83. The van der Waals surface area contributed by atoms with Crippen molar-refractivity contribution in [1.29, 1.82) is 0 Å². The first-order valence-electron chi connectivity index (χ1n) is 10.7. The molecule has 27 heavy (non-hydrogen) atoms. The van der Waals surface area contributed by atoms with Gasteiger partial charge in [0.25, 0.3) is 0 Å². The van der Waals surface area contributed by atoms with Gasteiger partial charge in [0.05, 0.1) is 6.04 Å². The topological polar surface area (TPSA) is 54.4 Å². The number of carbonyl (C=O) groups excluding carboxylic acids is 1. The summed E-state index contributed by atoms with van der Waals surface area (Å²) in [5, 5.41) is 3.50.